The SMILES string of the molecule is COc1cc2c(OC[C@H]3NC(=O)[C@@H]4[C@H](F)[C@H]43)nccc2cc1C(N)=O. The van der Waals surface area contributed by atoms with Crippen LogP contribution in [0.5, 0.6) is 11.6 Å². The third-order valence-corrected chi connectivity index (χ3v) is 4.79. The number of alkyl halides is 1. The van der Waals surface area contributed by atoms with Crippen LogP contribution in [0.25, 0.3) is 10.8 Å². The van der Waals surface area contributed by atoms with Crippen molar-refractivity contribution in [1.29, 1.82) is 0 Å². The maximum Gasteiger partial charge on any atom is 0.252 e. The highest BCUT2D eigenvalue weighted by Crippen LogP contribution is 2.49. The summed E-state index contributed by atoms with van der Waals surface area (Å²) in [4.78, 5) is 27.3. The summed E-state index contributed by atoms with van der Waals surface area (Å²) in [5.74, 6) is -1.07. The summed E-state index contributed by atoms with van der Waals surface area (Å²) in [5, 5.41) is 4.08. The zero-order chi connectivity index (χ0) is 17.7. The van der Waals surface area contributed by atoms with Gasteiger partial charge in [-0.1, -0.05) is 0 Å². The highest BCUT2D eigenvalue weighted by atomic mass is 19.1. The molecule has 1 aromatic carbocycles. The molecule has 0 bridgehead atoms. The minimum Gasteiger partial charge on any atom is -0.496 e. The van der Waals surface area contributed by atoms with Crippen molar-refractivity contribution in [2.24, 2.45) is 17.6 Å². The van der Waals surface area contributed by atoms with E-state index in [1.54, 1.807) is 24.4 Å². The Hall–Kier alpha value is -2.90. The van der Waals surface area contributed by atoms with Gasteiger partial charge in [-0.2, -0.15) is 0 Å². The summed E-state index contributed by atoms with van der Waals surface area (Å²) < 4.78 is 24.5. The number of fused-ring (bicyclic) bond motifs is 2. The lowest BCUT2D eigenvalue weighted by atomic mass is 10.1. The van der Waals surface area contributed by atoms with Crippen LogP contribution in [0.2, 0.25) is 0 Å². The van der Waals surface area contributed by atoms with Crippen molar-refractivity contribution in [2.45, 2.75) is 12.2 Å². The van der Waals surface area contributed by atoms with Crippen LogP contribution in [-0.2, 0) is 4.79 Å². The third-order valence-electron chi connectivity index (χ3n) is 4.79. The number of aromatic nitrogens is 1. The summed E-state index contributed by atoms with van der Waals surface area (Å²) in [6.07, 6.45) is 0.459. The smallest absolute Gasteiger partial charge is 0.252 e. The number of nitrogens with one attached hydrogen (secondary N) is 1. The first-order valence-corrected chi connectivity index (χ1v) is 7.85. The fourth-order valence-electron chi connectivity index (χ4n) is 3.43. The molecular formula is C17H16FN3O4. The van der Waals surface area contributed by atoms with E-state index in [2.05, 4.69) is 10.3 Å². The molecule has 2 fully saturated rings. The Kier molecular flexibility index (Phi) is 3.48. The van der Waals surface area contributed by atoms with Crippen LogP contribution in [0.3, 0.4) is 0 Å². The normalized spacial score (nSPS) is 26.9. The first-order valence-electron chi connectivity index (χ1n) is 7.85. The van der Waals surface area contributed by atoms with E-state index in [-0.39, 0.29) is 30.0 Å². The number of hydrogen-bond donors (Lipinski definition) is 2. The second kappa shape index (κ2) is 5.58. The standard InChI is InChI=1S/C17H16FN3O4/c1-24-11-5-8-7(4-9(11)15(19)22)2-3-20-17(8)25-6-10-12-13(14(12)18)16(23)21-10/h2-5,10,12-14H,6H2,1H3,(H2,19,22)(H,21,23)/t10-,12+,13+,14-/m1/s1. The lowest BCUT2D eigenvalue weighted by Gasteiger charge is -2.16. The number of methoxy groups -OCH3 is 1. The molecule has 2 amide bonds. The Morgan fingerprint density at radius 2 is 2.24 bits per heavy atom. The summed E-state index contributed by atoms with van der Waals surface area (Å²) in [7, 11) is 1.44. The second-order valence-electron chi connectivity index (χ2n) is 6.23. The number of nitrogens with two attached hydrogens (primary N) is 1. The van der Waals surface area contributed by atoms with Gasteiger partial charge in [0.25, 0.3) is 5.91 Å². The fraction of sp³-hybridized carbons (Fsp3) is 0.353. The van der Waals surface area contributed by atoms with Gasteiger partial charge in [0.1, 0.15) is 18.5 Å². The molecule has 4 rings (SSSR count). The number of nitrogens with zero attached hydrogens (tertiary/aromatic N) is 1. The molecule has 4 atom stereocenters. The van der Waals surface area contributed by atoms with Crippen molar-refractivity contribution < 1.29 is 23.5 Å². The first kappa shape index (κ1) is 15.6. The summed E-state index contributed by atoms with van der Waals surface area (Å²) in [5.41, 5.74) is 5.63. The van der Waals surface area contributed by atoms with Gasteiger partial charge in [-0.15, -0.1) is 0 Å². The number of benzene rings is 1. The zero-order valence-corrected chi connectivity index (χ0v) is 13.4. The average Bonchev–Trinajstić information content (AvgIpc) is 3.15. The molecule has 1 aliphatic carbocycles. The van der Waals surface area contributed by atoms with Gasteiger partial charge in [-0.3, -0.25) is 9.59 Å². The number of pyridine rings is 1. The van der Waals surface area contributed by atoms with Gasteiger partial charge in [0.15, 0.2) is 0 Å². The molecule has 1 saturated heterocycles. The summed E-state index contributed by atoms with van der Waals surface area (Å²) >= 11 is 0. The van der Waals surface area contributed by atoms with Crippen LogP contribution in [-0.4, -0.2) is 42.7 Å². The highest BCUT2D eigenvalue weighted by Gasteiger charge is 2.64. The number of ether oxygens (including phenoxy) is 2. The Morgan fingerprint density at radius 1 is 1.44 bits per heavy atom. The van der Waals surface area contributed by atoms with Crippen LogP contribution in [0.1, 0.15) is 10.4 Å². The molecule has 1 aromatic heterocycles. The molecule has 7 nitrogen and oxygen atoms in total. The van der Waals surface area contributed by atoms with Gasteiger partial charge in [0, 0.05) is 17.5 Å². The third kappa shape index (κ3) is 2.45. The molecule has 3 N–H and O–H groups in total. The number of piperidine rings is 1. The van der Waals surface area contributed by atoms with Gasteiger partial charge >= 0.3 is 0 Å². The number of rotatable bonds is 5. The van der Waals surface area contributed by atoms with Crippen molar-refractivity contribution in [1.82, 2.24) is 10.3 Å². The van der Waals surface area contributed by atoms with Crippen LogP contribution >= 0.6 is 0 Å². The quantitative estimate of drug-likeness (QED) is 0.834. The number of hydrogen-bond acceptors (Lipinski definition) is 5. The number of amides is 2. The number of primary amides is 1. The minimum absolute atomic E-state index is 0.124. The van der Waals surface area contributed by atoms with E-state index in [1.165, 1.54) is 7.11 Å². The number of carbonyl (C=O) groups is 2. The molecular weight excluding hydrogens is 329 g/mol. The van der Waals surface area contributed by atoms with E-state index in [0.717, 1.165) is 0 Å². The van der Waals surface area contributed by atoms with Gasteiger partial charge in [0.2, 0.25) is 11.8 Å². The van der Waals surface area contributed by atoms with Crippen LogP contribution in [0.4, 0.5) is 4.39 Å². The van der Waals surface area contributed by atoms with Crippen molar-refractivity contribution in [3.63, 3.8) is 0 Å². The molecule has 1 saturated carbocycles. The largest absolute Gasteiger partial charge is 0.496 e. The fourth-order valence-corrected chi connectivity index (χ4v) is 3.43. The lowest BCUT2D eigenvalue weighted by Crippen LogP contribution is -2.37. The maximum absolute atomic E-state index is 13.5. The highest BCUT2D eigenvalue weighted by molar-refractivity contribution is 6.01. The molecule has 0 radical (unpaired) electrons. The summed E-state index contributed by atoms with van der Waals surface area (Å²) in [6, 6.07) is 4.59. The summed E-state index contributed by atoms with van der Waals surface area (Å²) in [6.45, 7) is 0.124. The lowest BCUT2D eigenvalue weighted by molar-refractivity contribution is -0.121. The Bertz CT molecular complexity index is 888. The van der Waals surface area contributed by atoms with Gasteiger partial charge in [-0.05, 0) is 23.6 Å². The van der Waals surface area contributed by atoms with Gasteiger partial charge in [0.05, 0.1) is 24.6 Å². The van der Waals surface area contributed by atoms with Crippen molar-refractivity contribution in [3.8, 4) is 11.6 Å². The molecule has 2 heterocycles. The molecule has 25 heavy (non-hydrogen) atoms. The molecule has 8 heteroatoms. The Morgan fingerprint density at radius 3 is 2.88 bits per heavy atom. The van der Waals surface area contributed by atoms with Crippen LogP contribution in [0, 0.1) is 11.8 Å². The second-order valence-corrected chi connectivity index (χ2v) is 6.23. The topological polar surface area (TPSA) is 104 Å². The van der Waals surface area contributed by atoms with E-state index < -0.39 is 18.0 Å². The zero-order valence-electron chi connectivity index (χ0n) is 13.4. The maximum atomic E-state index is 13.5. The predicted molar refractivity (Wildman–Crippen MR) is 86.1 cm³/mol. The first-order chi connectivity index (χ1) is 12.0. The number of halogens is 1. The average molecular weight is 345 g/mol. The molecule has 0 spiro atoms. The van der Waals surface area contributed by atoms with Gasteiger partial charge < -0.3 is 20.5 Å². The van der Waals surface area contributed by atoms with Crippen molar-refractivity contribution in [3.05, 3.63) is 30.0 Å². The van der Waals surface area contributed by atoms with Crippen LogP contribution < -0.4 is 20.5 Å². The molecule has 0 unspecified atom stereocenters. The van der Waals surface area contributed by atoms with E-state index in [1.807, 2.05) is 0 Å². The van der Waals surface area contributed by atoms with E-state index in [4.69, 9.17) is 15.2 Å². The van der Waals surface area contributed by atoms with Crippen molar-refractivity contribution >= 4 is 22.6 Å². The number of carbonyl (C=O) groups excluding carboxylic acids is 2. The predicted octanol–water partition coefficient (Wildman–Crippen LogP) is 0.804. The minimum atomic E-state index is -1.08. The molecule has 2 aliphatic rings. The van der Waals surface area contributed by atoms with Crippen LogP contribution in [0.15, 0.2) is 24.4 Å². The van der Waals surface area contributed by atoms with Gasteiger partial charge in [-0.25, -0.2) is 9.37 Å². The van der Waals surface area contributed by atoms with E-state index >= 15 is 0 Å². The van der Waals surface area contributed by atoms with E-state index in [9.17, 15) is 14.0 Å². The monoisotopic (exact) mass is 345 g/mol. The van der Waals surface area contributed by atoms with E-state index in [0.29, 0.717) is 22.4 Å². The molecule has 2 aromatic rings. The molecule has 1 aliphatic heterocycles. The van der Waals surface area contributed by atoms with Crippen molar-refractivity contribution in [2.75, 3.05) is 13.7 Å². The Balaban J connectivity index is 1.61. The Labute approximate surface area is 142 Å². The molecule has 130 valence electrons.